The van der Waals surface area contributed by atoms with E-state index in [4.69, 9.17) is 5.73 Å². The molecule has 1 heterocycles. The third-order valence-corrected chi connectivity index (χ3v) is 3.04. The molecule has 1 aromatic heterocycles. The minimum Gasteiger partial charge on any atom is -0.383 e. The molecule has 0 saturated carbocycles. The normalized spacial score (nSPS) is 10.5. The molecule has 88 valence electrons. The maximum absolute atomic E-state index is 13.4. The molecule has 2 rings (SSSR count). The van der Waals surface area contributed by atoms with Gasteiger partial charge in [-0.15, -0.1) is 6.58 Å². The third-order valence-electron chi connectivity index (χ3n) is 2.40. The summed E-state index contributed by atoms with van der Waals surface area (Å²) in [6, 6.07) is 4.81. The van der Waals surface area contributed by atoms with Gasteiger partial charge in [0.25, 0.3) is 0 Å². The van der Waals surface area contributed by atoms with Crippen molar-refractivity contribution >= 4 is 21.7 Å². The Morgan fingerprint density at radius 2 is 2.29 bits per heavy atom. The zero-order valence-corrected chi connectivity index (χ0v) is 10.6. The van der Waals surface area contributed by atoms with Crippen LogP contribution in [-0.4, -0.2) is 9.55 Å². The Morgan fingerprint density at radius 3 is 2.94 bits per heavy atom. The average Bonchev–Trinajstić information content (AvgIpc) is 2.66. The predicted octanol–water partition coefficient (Wildman–Crippen LogP) is 3.22. The van der Waals surface area contributed by atoms with Crippen molar-refractivity contribution in [1.29, 1.82) is 0 Å². The van der Waals surface area contributed by atoms with Crippen LogP contribution in [0.4, 0.5) is 10.2 Å². The van der Waals surface area contributed by atoms with E-state index in [1.54, 1.807) is 29.1 Å². The molecule has 0 aliphatic heterocycles. The summed E-state index contributed by atoms with van der Waals surface area (Å²) >= 11 is 3.11. The number of halogens is 2. The van der Waals surface area contributed by atoms with Crippen LogP contribution in [0.3, 0.4) is 0 Å². The zero-order valence-electron chi connectivity index (χ0n) is 9.03. The van der Waals surface area contributed by atoms with Crippen LogP contribution >= 0.6 is 15.9 Å². The van der Waals surface area contributed by atoms with E-state index in [-0.39, 0.29) is 5.82 Å². The summed E-state index contributed by atoms with van der Waals surface area (Å²) in [5.41, 5.74) is 7.17. The molecule has 5 heteroatoms. The van der Waals surface area contributed by atoms with Crippen molar-refractivity contribution in [3.05, 3.63) is 47.5 Å². The molecule has 0 fully saturated rings. The maximum Gasteiger partial charge on any atom is 0.138 e. The first-order valence-corrected chi connectivity index (χ1v) is 5.79. The molecule has 0 unspecified atom stereocenters. The Hall–Kier alpha value is -1.62. The van der Waals surface area contributed by atoms with Crippen LogP contribution in [-0.2, 0) is 6.54 Å². The van der Waals surface area contributed by atoms with E-state index < -0.39 is 0 Å². The molecule has 0 bridgehead atoms. The van der Waals surface area contributed by atoms with Crippen LogP contribution < -0.4 is 5.73 Å². The number of hydrogen-bond donors (Lipinski definition) is 1. The lowest BCUT2D eigenvalue weighted by molar-refractivity contribution is 0.621. The van der Waals surface area contributed by atoms with Gasteiger partial charge in [-0.05, 0) is 28.1 Å². The van der Waals surface area contributed by atoms with Gasteiger partial charge in [-0.25, -0.2) is 9.37 Å². The summed E-state index contributed by atoms with van der Waals surface area (Å²) in [5, 5.41) is 0. The Morgan fingerprint density at radius 1 is 1.53 bits per heavy atom. The van der Waals surface area contributed by atoms with E-state index in [0.29, 0.717) is 28.1 Å². The molecule has 0 aliphatic rings. The van der Waals surface area contributed by atoms with Gasteiger partial charge in [0, 0.05) is 12.1 Å². The second kappa shape index (κ2) is 4.71. The first-order chi connectivity index (χ1) is 8.13. The first-order valence-electron chi connectivity index (χ1n) is 5.00. The van der Waals surface area contributed by atoms with Crippen molar-refractivity contribution in [2.24, 2.45) is 0 Å². The number of aromatic nitrogens is 2. The number of nitrogens with zero attached hydrogens (tertiary/aromatic N) is 2. The fourth-order valence-corrected chi connectivity index (χ4v) is 1.79. The number of anilines is 1. The molecular weight excluding hydrogens is 285 g/mol. The molecule has 0 atom stereocenters. The van der Waals surface area contributed by atoms with Gasteiger partial charge in [0.2, 0.25) is 0 Å². The fraction of sp³-hybridized carbons (Fsp3) is 0.0833. The van der Waals surface area contributed by atoms with Gasteiger partial charge in [0.05, 0.1) is 10.8 Å². The SMILES string of the molecule is C=CCn1cnc(-c2ccc(Br)c(F)c2)c1N. The lowest BCUT2D eigenvalue weighted by Gasteiger charge is -2.03. The molecular formula is C12H11BrFN3. The first kappa shape index (κ1) is 11.9. The van der Waals surface area contributed by atoms with Crippen molar-refractivity contribution in [3.63, 3.8) is 0 Å². The maximum atomic E-state index is 13.4. The summed E-state index contributed by atoms with van der Waals surface area (Å²) in [6.45, 7) is 4.22. The van der Waals surface area contributed by atoms with Crippen molar-refractivity contribution in [3.8, 4) is 11.3 Å². The van der Waals surface area contributed by atoms with E-state index in [2.05, 4.69) is 27.5 Å². The minimum atomic E-state index is -0.333. The predicted molar refractivity (Wildman–Crippen MR) is 69.9 cm³/mol. The molecule has 0 spiro atoms. The lowest BCUT2D eigenvalue weighted by Crippen LogP contribution is -2.00. The quantitative estimate of drug-likeness (QED) is 0.884. The number of nitrogen functional groups attached to an aromatic ring is 1. The molecule has 2 aromatic rings. The number of imidazole rings is 1. The number of benzene rings is 1. The Labute approximate surface area is 107 Å². The van der Waals surface area contributed by atoms with Gasteiger partial charge in [-0.3, -0.25) is 0 Å². The molecule has 3 nitrogen and oxygen atoms in total. The molecule has 0 radical (unpaired) electrons. The Bertz CT molecular complexity index is 563. The highest BCUT2D eigenvalue weighted by molar-refractivity contribution is 9.10. The molecule has 0 aliphatic carbocycles. The van der Waals surface area contributed by atoms with Gasteiger partial charge in [-0.1, -0.05) is 12.1 Å². The summed E-state index contributed by atoms with van der Waals surface area (Å²) in [4.78, 5) is 4.18. The average molecular weight is 296 g/mol. The van der Waals surface area contributed by atoms with Crippen molar-refractivity contribution in [1.82, 2.24) is 9.55 Å². The van der Waals surface area contributed by atoms with Gasteiger partial charge < -0.3 is 10.3 Å². The number of rotatable bonds is 3. The number of hydrogen-bond acceptors (Lipinski definition) is 2. The second-order valence-corrected chi connectivity index (χ2v) is 4.40. The van der Waals surface area contributed by atoms with E-state index in [9.17, 15) is 4.39 Å². The van der Waals surface area contributed by atoms with Crippen molar-refractivity contribution in [2.75, 3.05) is 5.73 Å². The van der Waals surface area contributed by atoms with Crippen molar-refractivity contribution in [2.45, 2.75) is 6.54 Å². The van der Waals surface area contributed by atoms with Gasteiger partial charge in [0.15, 0.2) is 0 Å². The third kappa shape index (κ3) is 2.24. The van der Waals surface area contributed by atoms with Crippen LogP contribution in [0.1, 0.15) is 0 Å². The van der Waals surface area contributed by atoms with E-state index in [1.807, 2.05) is 0 Å². The Kier molecular flexibility index (Phi) is 3.28. The summed E-state index contributed by atoms with van der Waals surface area (Å²) in [6.07, 6.45) is 3.34. The van der Waals surface area contributed by atoms with E-state index >= 15 is 0 Å². The van der Waals surface area contributed by atoms with E-state index in [1.165, 1.54) is 6.07 Å². The highest BCUT2D eigenvalue weighted by Gasteiger charge is 2.10. The van der Waals surface area contributed by atoms with Crippen LogP contribution in [0.5, 0.6) is 0 Å². The minimum absolute atomic E-state index is 0.333. The highest BCUT2D eigenvalue weighted by atomic mass is 79.9. The number of allylic oxidation sites excluding steroid dienone is 1. The smallest absolute Gasteiger partial charge is 0.138 e. The Balaban J connectivity index is 2.46. The van der Waals surface area contributed by atoms with Gasteiger partial charge in [-0.2, -0.15) is 0 Å². The molecule has 1 aromatic carbocycles. The molecule has 0 saturated heterocycles. The molecule has 0 amide bonds. The number of nitrogens with two attached hydrogens (primary N) is 1. The zero-order chi connectivity index (χ0) is 12.4. The topological polar surface area (TPSA) is 43.8 Å². The summed E-state index contributed by atoms with van der Waals surface area (Å²) < 4.78 is 15.6. The highest BCUT2D eigenvalue weighted by Crippen LogP contribution is 2.27. The van der Waals surface area contributed by atoms with Gasteiger partial charge in [0.1, 0.15) is 17.3 Å². The monoisotopic (exact) mass is 295 g/mol. The van der Waals surface area contributed by atoms with E-state index in [0.717, 1.165) is 0 Å². The van der Waals surface area contributed by atoms with Crippen LogP contribution in [0.2, 0.25) is 0 Å². The summed E-state index contributed by atoms with van der Waals surface area (Å²) in [7, 11) is 0. The lowest BCUT2D eigenvalue weighted by atomic mass is 10.1. The van der Waals surface area contributed by atoms with Crippen LogP contribution in [0, 0.1) is 5.82 Å². The standard InChI is InChI=1S/C12H11BrFN3/c1-2-5-17-7-16-11(12(17)15)8-3-4-9(13)10(14)6-8/h2-4,6-7H,1,5,15H2. The second-order valence-electron chi connectivity index (χ2n) is 3.55. The fourth-order valence-electron chi connectivity index (χ4n) is 1.54. The molecule has 2 N–H and O–H groups in total. The van der Waals surface area contributed by atoms with Gasteiger partial charge >= 0.3 is 0 Å². The largest absolute Gasteiger partial charge is 0.383 e. The van der Waals surface area contributed by atoms with Crippen LogP contribution in [0.15, 0.2) is 41.7 Å². The van der Waals surface area contributed by atoms with Crippen LogP contribution in [0.25, 0.3) is 11.3 Å². The van der Waals surface area contributed by atoms with Crippen molar-refractivity contribution < 1.29 is 4.39 Å². The summed E-state index contributed by atoms with van der Waals surface area (Å²) in [5.74, 6) is 0.173. The molecule has 17 heavy (non-hydrogen) atoms.